The Morgan fingerprint density at radius 2 is 2.12 bits per heavy atom. The molecule has 172 valence electrons. The second-order valence-corrected chi connectivity index (χ2v) is 9.87. The van der Waals surface area contributed by atoms with E-state index < -0.39 is 17.1 Å². The normalized spacial score (nSPS) is 21.3. The number of hydrogen-bond donors (Lipinski definition) is 0. The van der Waals surface area contributed by atoms with E-state index in [1.807, 2.05) is 18.9 Å². The van der Waals surface area contributed by atoms with Gasteiger partial charge < -0.3 is 23.8 Å². The summed E-state index contributed by atoms with van der Waals surface area (Å²) in [5.41, 5.74) is 1.19. The van der Waals surface area contributed by atoms with Crippen LogP contribution in [0, 0.1) is 0 Å². The number of anilines is 2. The molecule has 2 aromatic heterocycles. The van der Waals surface area contributed by atoms with Crippen molar-refractivity contribution in [2.75, 3.05) is 48.9 Å². The highest BCUT2D eigenvalue weighted by Crippen LogP contribution is 2.36. The summed E-state index contributed by atoms with van der Waals surface area (Å²) in [6, 6.07) is 1.98. The molecular weight excluding hydrogens is 432 g/mol. The average Bonchev–Trinajstić information content (AvgIpc) is 3.42. The molecule has 5 rings (SSSR count). The van der Waals surface area contributed by atoms with Crippen molar-refractivity contribution in [1.29, 1.82) is 0 Å². The molecule has 1 unspecified atom stereocenters. The Morgan fingerprint density at radius 1 is 1.34 bits per heavy atom. The topological polar surface area (TPSA) is 109 Å². The molecule has 0 N–H and O–H groups in total. The molecule has 0 bridgehead atoms. The van der Waals surface area contributed by atoms with Crippen LogP contribution in [0.1, 0.15) is 35.9 Å². The molecule has 2 aromatic rings. The van der Waals surface area contributed by atoms with Crippen LogP contribution in [0.4, 0.5) is 11.8 Å². The molecule has 0 saturated carbocycles. The summed E-state index contributed by atoms with van der Waals surface area (Å²) in [5.74, 6) is 1.55. The second-order valence-electron chi connectivity index (χ2n) is 8.37. The first kappa shape index (κ1) is 21.5. The number of hydrogen-bond acceptors (Lipinski definition) is 9. The predicted molar refractivity (Wildman–Crippen MR) is 119 cm³/mol. The third-order valence-corrected chi connectivity index (χ3v) is 7.76. The van der Waals surface area contributed by atoms with Crippen molar-refractivity contribution in [3.8, 4) is 0 Å². The van der Waals surface area contributed by atoms with Crippen molar-refractivity contribution in [2.24, 2.45) is 0 Å². The third-order valence-electron chi connectivity index (χ3n) is 6.31. The number of fused-ring (bicyclic) bond motifs is 1. The van der Waals surface area contributed by atoms with Crippen LogP contribution in [0.15, 0.2) is 17.2 Å². The summed E-state index contributed by atoms with van der Waals surface area (Å²) in [5, 5.41) is 4.20. The lowest BCUT2D eigenvalue weighted by Crippen LogP contribution is -2.54. The first-order valence-corrected chi connectivity index (χ1v) is 12.4. The minimum absolute atomic E-state index is 0.225. The smallest absolute Gasteiger partial charge is 0.359 e. The van der Waals surface area contributed by atoms with E-state index >= 15 is 0 Å². The average molecular weight is 461 g/mol. The molecule has 0 amide bonds. The lowest BCUT2D eigenvalue weighted by Gasteiger charge is -2.39. The van der Waals surface area contributed by atoms with Crippen molar-refractivity contribution < 1.29 is 18.8 Å². The first-order valence-electron chi connectivity index (χ1n) is 11.1. The molecule has 32 heavy (non-hydrogen) atoms. The van der Waals surface area contributed by atoms with E-state index in [-0.39, 0.29) is 6.10 Å². The summed E-state index contributed by atoms with van der Waals surface area (Å²) >= 11 is -1.07. The highest BCUT2D eigenvalue weighted by atomic mass is 32.2. The molecule has 3 aliphatic rings. The highest BCUT2D eigenvalue weighted by molar-refractivity contribution is 7.91. The number of carbonyl (C=O) groups is 1. The zero-order valence-corrected chi connectivity index (χ0v) is 19.2. The largest absolute Gasteiger partial charge is 0.611 e. The number of aromatic nitrogens is 4. The van der Waals surface area contributed by atoms with E-state index in [1.54, 1.807) is 16.9 Å². The molecule has 11 heteroatoms. The number of aryl methyl sites for hydroxylation is 2. The second kappa shape index (κ2) is 8.87. The predicted octanol–water partition coefficient (Wildman–Crippen LogP) is 1.02. The van der Waals surface area contributed by atoms with Gasteiger partial charge in [-0.05, 0) is 37.0 Å². The maximum absolute atomic E-state index is 12.7. The molecule has 2 fully saturated rings. The quantitative estimate of drug-likeness (QED) is 0.461. The summed E-state index contributed by atoms with van der Waals surface area (Å²) in [6.45, 7) is 5.19. The number of nitrogens with zero attached hydrogens (tertiary/aromatic N) is 6. The van der Waals surface area contributed by atoms with Gasteiger partial charge in [0, 0.05) is 45.5 Å². The summed E-state index contributed by atoms with van der Waals surface area (Å²) < 4.78 is 25.4. The minimum atomic E-state index is -1.07. The van der Waals surface area contributed by atoms with Crippen molar-refractivity contribution in [3.63, 3.8) is 0 Å². The zero-order valence-electron chi connectivity index (χ0n) is 18.4. The van der Waals surface area contributed by atoms with Crippen LogP contribution in [-0.2, 0) is 33.6 Å². The molecule has 0 aromatic carbocycles. The van der Waals surface area contributed by atoms with Crippen LogP contribution in [0.25, 0.3) is 0 Å². The molecule has 0 radical (unpaired) electrons. The number of esters is 1. The first-order chi connectivity index (χ1) is 15.5. The summed E-state index contributed by atoms with van der Waals surface area (Å²) in [6.07, 6.45) is 4.08. The Labute approximate surface area is 190 Å². The van der Waals surface area contributed by atoms with Gasteiger partial charge in [0.05, 0.1) is 13.1 Å². The van der Waals surface area contributed by atoms with Gasteiger partial charge in [0.2, 0.25) is 10.8 Å². The Bertz CT molecular complexity index is 989. The van der Waals surface area contributed by atoms with E-state index in [0.29, 0.717) is 49.5 Å². The van der Waals surface area contributed by atoms with E-state index in [0.717, 1.165) is 42.5 Å². The molecular formula is C21H28N6O4S. The van der Waals surface area contributed by atoms with Gasteiger partial charge in [-0.2, -0.15) is 10.1 Å². The van der Waals surface area contributed by atoms with E-state index in [2.05, 4.69) is 10.00 Å². The van der Waals surface area contributed by atoms with Gasteiger partial charge in [-0.3, -0.25) is 4.68 Å². The van der Waals surface area contributed by atoms with Gasteiger partial charge >= 0.3 is 5.97 Å². The lowest BCUT2D eigenvalue weighted by atomic mass is 10.1. The van der Waals surface area contributed by atoms with Crippen molar-refractivity contribution in [1.82, 2.24) is 19.7 Å². The van der Waals surface area contributed by atoms with Crippen LogP contribution in [0.3, 0.4) is 0 Å². The van der Waals surface area contributed by atoms with Gasteiger partial charge in [0.15, 0.2) is 11.5 Å². The fourth-order valence-electron chi connectivity index (χ4n) is 4.33. The summed E-state index contributed by atoms with van der Waals surface area (Å²) in [7, 11) is 2.02. The van der Waals surface area contributed by atoms with E-state index in [9.17, 15) is 9.35 Å². The van der Waals surface area contributed by atoms with Crippen molar-refractivity contribution in [3.05, 3.63) is 23.7 Å². The van der Waals surface area contributed by atoms with Gasteiger partial charge in [-0.1, -0.05) is 0 Å². The molecule has 5 heterocycles. The molecule has 0 spiro atoms. The number of rotatable bonds is 6. The molecule has 3 aliphatic heterocycles. The van der Waals surface area contributed by atoms with Gasteiger partial charge in [-0.25, -0.2) is 9.78 Å². The zero-order chi connectivity index (χ0) is 22.2. The van der Waals surface area contributed by atoms with E-state index in [4.69, 9.17) is 19.4 Å². The minimum Gasteiger partial charge on any atom is -0.611 e. The number of carbonyl (C=O) groups excluding carboxylic acids is 1. The standard InChI is InChI=1S/C21H28N6O4S/c1-3-27-8-4-17(24-27)20(28)31-15-12-26(13-15)21-22-16-7-11-32(29)18(16)19(23-21)25(2)14-5-9-30-10-6-14/h4,8,14-15H,3,5-7,9-13H2,1-2H3. The maximum atomic E-state index is 12.7. The molecule has 2 saturated heterocycles. The fourth-order valence-corrected chi connectivity index (χ4v) is 5.71. The van der Waals surface area contributed by atoms with Crippen LogP contribution >= 0.6 is 0 Å². The van der Waals surface area contributed by atoms with Crippen LogP contribution in [0.5, 0.6) is 0 Å². The molecule has 1 atom stereocenters. The molecule has 10 nitrogen and oxygen atoms in total. The number of ether oxygens (including phenoxy) is 2. The fraction of sp³-hybridized carbons (Fsp3) is 0.619. The van der Waals surface area contributed by atoms with Crippen molar-refractivity contribution in [2.45, 2.75) is 49.8 Å². The molecule has 0 aliphatic carbocycles. The van der Waals surface area contributed by atoms with Crippen LogP contribution in [0.2, 0.25) is 0 Å². The highest BCUT2D eigenvalue weighted by Gasteiger charge is 2.38. The van der Waals surface area contributed by atoms with Gasteiger partial charge in [0.25, 0.3) is 0 Å². The Hall–Kier alpha value is -2.37. The van der Waals surface area contributed by atoms with Crippen molar-refractivity contribution >= 4 is 28.9 Å². The maximum Gasteiger partial charge on any atom is 0.359 e. The SMILES string of the molecule is CCn1ccc(C(=O)OC2CN(c3nc4c(c(N(C)C5CCOCC5)n3)[S+]([O-])CC4)C2)n1. The van der Waals surface area contributed by atoms with Gasteiger partial charge in [0.1, 0.15) is 17.6 Å². The lowest BCUT2D eigenvalue weighted by molar-refractivity contribution is 0.0223. The van der Waals surface area contributed by atoms with Crippen LogP contribution < -0.4 is 9.80 Å². The van der Waals surface area contributed by atoms with E-state index in [1.165, 1.54) is 0 Å². The Morgan fingerprint density at radius 3 is 2.84 bits per heavy atom. The van der Waals surface area contributed by atoms with Crippen LogP contribution in [-0.4, -0.2) is 81.5 Å². The Kier molecular flexibility index (Phi) is 5.95. The monoisotopic (exact) mass is 460 g/mol. The van der Waals surface area contributed by atoms with Gasteiger partial charge in [-0.15, -0.1) is 0 Å². The summed E-state index contributed by atoms with van der Waals surface area (Å²) in [4.78, 5) is 26.8. The third kappa shape index (κ3) is 4.04. The Balaban J connectivity index is 1.29.